The Morgan fingerprint density at radius 1 is 1.04 bits per heavy atom. The summed E-state index contributed by atoms with van der Waals surface area (Å²) in [5.41, 5.74) is -1.24. The Hall–Kier alpha value is -2.76. The Labute approximate surface area is 132 Å². The van der Waals surface area contributed by atoms with Crippen LogP contribution in [0.15, 0.2) is 42.5 Å². The predicted molar refractivity (Wildman–Crippen MR) is 79.3 cm³/mol. The smallest absolute Gasteiger partial charge is 0.355 e. The van der Waals surface area contributed by atoms with Crippen molar-refractivity contribution in [2.75, 3.05) is 6.79 Å². The number of hydrogen-bond acceptors (Lipinski definition) is 5. The summed E-state index contributed by atoms with van der Waals surface area (Å²) >= 11 is 0. The molecule has 6 heteroatoms. The lowest BCUT2D eigenvalue weighted by Gasteiger charge is -2.24. The standard InChI is InChI=1S/C17H15FO5/c1-17(2,23-12-5-3-11(18)4-6-12)16(19)22-13-7-8-14-15(9-13)21-10-20-14/h3-9H,10H2,1-2H3. The van der Waals surface area contributed by atoms with Crippen LogP contribution >= 0.6 is 0 Å². The molecule has 0 radical (unpaired) electrons. The van der Waals surface area contributed by atoms with Crippen LogP contribution in [0, 0.1) is 5.82 Å². The molecule has 0 bridgehead atoms. The number of halogens is 1. The fourth-order valence-electron chi connectivity index (χ4n) is 2.01. The number of hydrogen-bond donors (Lipinski definition) is 0. The van der Waals surface area contributed by atoms with Gasteiger partial charge in [-0.2, -0.15) is 0 Å². The number of carbonyl (C=O) groups excluding carboxylic acids is 1. The van der Waals surface area contributed by atoms with Crippen molar-refractivity contribution < 1.29 is 28.1 Å². The van der Waals surface area contributed by atoms with Crippen molar-refractivity contribution in [1.29, 1.82) is 0 Å². The molecule has 0 unspecified atom stereocenters. The predicted octanol–water partition coefficient (Wildman–Crippen LogP) is 3.32. The van der Waals surface area contributed by atoms with Crippen LogP contribution < -0.4 is 18.9 Å². The minimum Gasteiger partial charge on any atom is -0.476 e. The fraction of sp³-hybridized carbons (Fsp3) is 0.235. The Morgan fingerprint density at radius 3 is 2.43 bits per heavy atom. The molecule has 2 aromatic carbocycles. The molecule has 0 aliphatic carbocycles. The molecule has 0 fully saturated rings. The second-order valence-corrected chi connectivity index (χ2v) is 5.47. The maximum Gasteiger partial charge on any atom is 0.355 e. The molecule has 0 saturated heterocycles. The number of esters is 1. The fourth-order valence-corrected chi connectivity index (χ4v) is 2.01. The van der Waals surface area contributed by atoms with Crippen molar-refractivity contribution in [2.24, 2.45) is 0 Å². The first-order valence-corrected chi connectivity index (χ1v) is 7.00. The van der Waals surface area contributed by atoms with Gasteiger partial charge < -0.3 is 18.9 Å². The molecule has 120 valence electrons. The van der Waals surface area contributed by atoms with Gasteiger partial charge >= 0.3 is 5.97 Å². The van der Waals surface area contributed by atoms with Gasteiger partial charge in [-0.05, 0) is 50.2 Å². The van der Waals surface area contributed by atoms with Crippen molar-refractivity contribution in [3.05, 3.63) is 48.3 Å². The van der Waals surface area contributed by atoms with Crippen molar-refractivity contribution in [3.63, 3.8) is 0 Å². The quantitative estimate of drug-likeness (QED) is 0.639. The number of fused-ring (bicyclic) bond motifs is 1. The molecule has 3 rings (SSSR count). The van der Waals surface area contributed by atoms with Gasteiger partial charge in [-0.25, -0.2) is 9.18 Å². The van der Waals surface area contributed by atoms with Gasteiger partial charge in [-0.15, -0.1) is 0 Å². The zero-order valence-corrected chi connectivity index (χ0v) is 12.7. The van der Waals surface area contributed by atoms with Crippen LogP contribution in [0.25, 0.3) is 0 Å². The average Bonchev–Trinajstić information content (AvgIpc) is 2.97. The van der Waals surface area contributed by atoms with Gasteiger partial charge in [0.1, 0.15) is 17.3 Å². The second kappa shape index (κ2) is 5.79. The number of ether oxygens (including phenoxy) is 4. The second-order valence-electron chi connectivity index (χ2n) is 5.47. The van der Waals surface area contributed by atoms with Gasteiger partial charge in [0, 0.05) is 6.07 Å². The zero-order chi connectivity index (χ0) is 16.4. The van der Waals surface area contributed by atoms with Crippen molar-refractivity contribution in [1.82, 2.24) is 0 Å². The van der Waals surface area contributed by atoms with E-state index in [4.69, 9.17) is 18.9 Å². The summed E-state index contributed by atoms with van der Waals surface area (Å²) in [6, 6.07) is 10.3. The lowest BCUT2D eigenvalue weighted by molar-refractivity contribution is -0.149. The Bertz CT molecular complexity index is 724. The van der Waals surface area contributed by atoms with E-state index in [9.17, 15) is 9.18 Å². The first-order valence-electron chi connectivity index (χ1n) is 7.00. The van der Waals surface area contributed by atoms with E-state index < -0.39 is 11.6 Å². The van der Waals surface area contributed by atoms with Crippen LogP contribution in [0.2, 0.25) is 0 Å². The monoisotopic (exact) mass is 318 g/mol. The van der Waals surface area contributed by atoms with Gasteiger partial charge in [0.2, 0.25) is 12.4 Å². The number of carbonyl (C=O) groups is 1. The van der Waals surface area contributed by atoms with E-state index in [0.717, 1.165) is 0 Å². The topological polar surface area (TPSA) is 54.0 Å². The molecule has 1 heterocycles. The van der Waals surface area contributed by atoms with Crippen LogP contribution in [-0.2, 0) is 4.79 Å². The van der Waals surface area contributed by atoms with E-state index >= 15 is 0 Å². The Morgan fingerprint density at radius 2 is 1.70 bits per heavy atom. The molecule has 2 aromatic rings. The molecule has 0 aromatic heterocycles. The summed E-state index contributed by atoms with van der Waals surface area (Å²) in [5, 5.41) is 0. The van der Waals surface area contributed by atoms with Crippen LogP contribution in [0.4, 0.5) is 4.39 Å². The Kier molecular flexibility index (Phi) is 3.82. The molecule has 0 saturated carbocycles. The van der Waals surface area contributed by atoms with E-state index in [2.05, 4.69) is 0 Å². The van der Waals surface area contributed by atoms with Gasteiger partial charge in [0.05, 0.1) is 0 Å². The number of rotatable bonds is 4. The summed E-state index contributed by atoms with van der Waals surface area (Å²) < 4.78 is 34.2. The average molecular weight is 318 g/mol. The van der Waals surface area contributed by atoms with E-state index in [1.807, 2.05) is 0 Å². The summed E-state index contributed by atoms with van der Waals surface area (Å²) in [6.45, 7) is 3.29. The van der Waals surface area contributed by atoms with Gasteiger partial charge in [0.25, 0.3) is 0 Å². The molecular weight excluding hydrogens is 303 g/mol. The molecule has 0 amide bonds. The lowest BCUT2D eigenvalue weighted by atomic mass is 10.1. The third-order valence-corrected chi connectivity index (χ3v) is 3.23. The molecule has 5 nitrogen and oxygen atoms in total. The first-order chi connectivity index (χ1) is 10.9. The molecule has 1 aliphatic heterocycles. The van der Waals surface area contributed by atoms with Crippen LogP contribution in [0.3, 0.4) is 0 Å². The van der Waals surface area contributed by atoms with Gasteiger partial charge in [-0.3, -0.25) is 0 Å². The van der Waals surface area contributed by atoms with Crippen molar-refractivity contribution >= 4 is 5.97 Å². The van der Waals surface area contributed by atoms with E-state index in [1.54, 1.807) is 32.0 Å². The largest absolute Gasteiger partial charge is 0.476 e. The SMILES string of the molecule is CC(C)(Oc1ccc(F)cc1)C(=O)Oc1ccc2c(c1)OCO2. The maximum absolute atomic E-state index is 12.9. The molecule has 0 atom stereocenters. The van der Waals surface area contributed by atoms with Gasteiger partial charge in [-0.1, -0.05) is 0 Å². The lowest BCUT2D eigenvalue weighted by Crippen LogP contribution is -2.41. The van der Waals surface area contributed by atoms with Crippen LogP contribution in [0.5, 0.6) is 23.0 Å². The van der Waals surface area contributed by atoms with Gasteiger partial charge in [0.15, 0.2) is 11.5 Å². The summed E-state index contributed by atoms with van der Waals surface area (Å²) in [4.78, 5) is 12.3. The van der Waals surface area contributed by atoms with Crippen LogP contribution in [0.1, 0.15) is 13.8 Å². The zero-order valence-electron chi connectivity index (χ0n) is 12.7. The van der Waals surface area contributed by atoms with Crippen molar-refractivity contribution in [2.45, 2.75) is 19.4 Å². The summed E-state index contributed by atoms with van der Waals surface area (Å²) in [6.07, 6.45) is 0. The minimum atomic E-state index is -1.24. The molecule has 0 N–H and O–H groups in total. The Balaban J connectivity index is 1.69. The third kappa shape index (κ3) is 3.36. The molecular formula is C17H15FO5. The molecule has 0 spiro atoms. The first kappa shape index (κ1) is 15.1. The minimum absolute atomic E-state index is 0.145. The van der Waals surface area contributed by atoms with E-state index in [-0.39, 0.29) is 12.6 Å². The normalized spacial score (nSPS) is 12.8. The maximum atomic E-state index is 12.9. The molecule has 23 heavy (non-hydrogen) atoms. The molecule has 1 aliphatic rings. The van der Waals surface area contributed by atoms with Crippen LogP contribution in [-0.4, -0.2) is 18.4 Å². The van der Waals surface area contributed by atoms with E-state index in [1.165, 1.54) is 24.3 Å². The highest BCUT2D eigenvalue weighted by molar-refractivity contribution is 5.81. The number of benzene rings is 2. The highest BCUT2D eigenvalue weighted by atomic mass is 19.1. The highest BCUT2D eigenvalue weighted by Crippen LogP contribution is 2.35. The highest BCUT2D eigenvalue weighted by Gasteiger charge is 2.32. The van der Waals surface area contributed by atoms with E-state index in [0.29, 0.717) is 23.0 Å². The third-order valence-electron chi connectivity index (χ3n) is 3.23. The summed E-state index contributed by atoms with van der Waals surface area (Å²) in [5.74, 6) is 0.868. The van der Waals surface area contributed by atoms with Crippen molar-refractivity contribution in [3.8, 4) is 23.0 Å². The summed E-state index contributed by atoms with van der Waals surface area (Å²) in [7, 11) is 0.